The average Bonchev–Trinajstić information content (AvgIpc) is 3.13. The standard InChI is InChI=1S/C16H17F3N4O2S/c1-2-25-12-5-3-11(4-6-12)13(24)22-7-9-23(10-8-22)15-21-20-14(26-15)16(17,18)19/h3-6H,2,7-10H2,1H3. The number of halogens is 3. The number of ether oxygens (including phenoxy) is 1. The van der Waals surface area contributed by atoms with E-state index in [0.29, 0.717) is 55.4 Å². The maximum Gasteiger partial charge on any atom is 0.445 e. The van der Waals surface area contributed by atoms with Crippen LogP contribution in [0.4, 0.5) is 18.3 Å². The summed E-state index contributed by atoms with van der Waals surface area (Å²) in [6.07, 6.45) is -4.48. The molecular weight excluding hydrogens is 369 g/mol. The number of hydrogen-bond donors (Lipinski definition) is 0. The van der Waals surface area contributed by atoms with Gasteiger partial charge >= 0.3 is 6.18 Å². The highest BCUT2D eigenvalue weighted by Gasteiger charge is 2.36. The molecule has 1 fully saturated rings. The minimum absolute atomic E-state index is 0.110. The highest BCUT2D eigenvalue weighted by atomic mass is 32.1. The Morgan fingerprint density at radius 3 is 2.35 bits per heavy atom. The van der Waals surface area contributed by atoms with Crippen molar-refractivity contribution in [1.29, 1.82) is 0 Å². The first-order valence-corrected chi connectivity index (χ1v) is 8.88. The van der Waals surface area contributed by atoms with Gasteiger partial charge in [-0.25, -0.2) is 0 Å². The summed E-state index contributed by atoms with van der Waals surface area (Å²) in [6.45, 7) is 4.08. The number of amides is 1. The molecule has 0 atom stereocenters. The van der Waals surface area contributed by atoms with E-state index in [9.17, 15) is 18.0 Å². The van der Waals surface area contributed by atoms with Crippen LogP contribution in [0.15, 0.2) is 24.3 Å². The lowest BCUT2D eigenvalue weighted by atomic mass is 10.1. The molecule has 3 rings (SSSR count). The molecule has 0 unspecified atom stereocenters. The molecule has 1 aliphatic rings. The molecule has 6 nitrogen and oxygen atoms in total. The molecule has 26 heavy (non-hydrogen) atoms. The van der Waals surface area contributed by atoms with Crippen molar-refractivity contribution >= 4 is 22.4 Å². The molecule has 2 heterocycles. The molecule has 140 valence electrons. The zero-order valence-electron chi connectivity index (χ0n) is 14.0. The Hall–Kier alpha value is -2.36. The number of benzene rings is 1. The predicted octanol–water partition coefficient (Wildman–Crippen LogP) is 2.92. The van der Waals surface area contributed by atoms with Crippen molar-refractivity contribution < 1.29 is 22.7 Å². The number of anilines is 1. The van der Waals surface area contributed by atoms with E-state index in [1.807, 2.05) is 6.92 Å². The molecule has 1 saturated heterocycles. The summed E-state index contributed by atoms with van der Waals surface area (Å²) < 4.78 is 43.2. The van der Waals surface area contributed by atoms with Gasteiger partial charge < -0.3 is 14.5 Å². The fraction of sp³-hybridized carbons (Fsp3) is 0.438. The zero-order valence-corrected chi connectivity index (χ0v) is 14.8. The van der Waals surface area contributed by atoms with Gasteiger partial charge in [0, 0.05) is 31.7 Å². The normalized spacial score (nSPS) is 15.2. The lowest BCUT2D eigenvalue weighted by Gasteiger charge is -2.34. The summed E-state index contributed by atoms with van der Waals surface area (Å²) in [5.41, 5.74) is 0.553. The highest BCUT2D eigenvalue weighted by Crippen LogP contribution is 2.34. The van der Waals surface area contributed by atoms with Crippen LogP contribution < -0.4 is 9.64 Å². The van der Waals surface area contributed by atoms with Crippen LogP contribution in [0, 0.1) is 0 Å². The zero-order chi connectivity index (χ0) is 18.7. The molecule has 0 saturated carbocycles. The number of hydrogen-bond acceptors (Lipinski definition) is 6. The van der Waals surface area contributed by atoms with Crippen LogP contribution in [-0.4, -0.2) is 53.8 Å². The van der Waals surface area contributed by atoms with E-state index >= 15 is 0 Å². The lowest BCUT2D eigenvalue weighted by molar-refractivity contribution is -0.138. The third-order valence-electron chi connectivity index (χ3n) is 3.91. The first-order valence-electron chi connectivity index (χ1n) is 8.06. The number of piperazine rings is 1. The fourth-order valence-electron chi connectivity index (χ4n) is 2.60. The van der Waals surface area contributed by atoms with Crippen LogP contribution in [0.25, 0.3) is 0 Å². The van der Waals surface area contributed by atoms with Crippen molar-refractivity contribution in [2.75, 3.05) is 37.7 Å². The summed E-state index contributed by atoms with van der Waals surface area (Å²) >= 11 is 0.520. The van der Waals surface area contributed by atoms with Crippen molar-refractivity contribution in [1.82, 2.24) is 15.1 Å². The van der Waals surface area contributed by atoms with Gasteiger partial charge in [-0.1, -0.05) is 11.3 Å². The Bertz CT molecular complexity index is 756. The lowest BCUT2D eigenvalue weighted by Crippen LogP contribution is -2.48. The quantitative estimate of drug-likeness (QED) is 0.809. The Labute approximate surface area is 152 Å². The van der Waals surface area contributed by atoms with E-state index < -0.39 is 11.2 Å². The number of rotatable bonds is 4. The first-order chi connectivity index (χ1) is 12.4. The van der Waals surface area contributed by atoms with Crippen molar-refractivity contribution in [3.8, 4) is 5.75 Å². The van der Waals surface area contributed by atoms with Crippen LogP contribution in [0.2, 0.25) is 0 Å². The highest BCUT2D eigenvalue weighted by molar-refractivity contribution is 7.15. The van der Waals surface area contributed by atoms with Crippen molar-refractivity contribution in [3.63, 3.8) is 0 Å². The van der Waals surface area contributed by atoms with E-state index in [-0.39, 0.29) is 11.0 Å². The van der Waals surface area contributed by atoms with Gasteiger partial charge in [-0.15, -0.1) is 10.2 Å². The second-order valence-electron chi connectivity index (χ2n) is 5.62. The van der Waals surface area contributed by atoms with Crippen LogP contribution in [0.3, 0.4) is 0 Å². The number of aromatic nitrogens is 2. The largest absolute Gasteiger partial charge is 0.494 e. The Morgan fingerprint density at radius 1 is 1.15 bits per heavy atom. The summed E-state index contributed by atoms with van der Waals surface area (Å²) in [4.78, 5) is 15.9. The van der Waals surface area contributed by atoms with Gasteiger partial charge in [-0.2, -0.15) is 13.2 Å². The maximum absolute atomic E-state index is 12.6. The molecular formula is C16H17F3N4O2S. The molecule has 0 radical (unpaired) electrons. The van der Waals surface area contributed by atoms with Crippen molar-refractivity contribution in [2.45, 2.75) is 13.1 Å². The molecule has 1 aliphatic heterocycles. The predicted molar refractivity (Wildman–Crippen MR) is 90.6 cm³/mol. The summed E-state index contributed by atoms with van der Waals surface area (Å²) in [5, 5.41) is 6.09. The van der Waals surface area contributed by atoms with E-state index in [2.05, 4.69) is 10.2 Å². The van der Waals surface area contributed by atoms with Gasteiger partial charge in [0.25, 0.3) is 5.91 Å². The number of carbonyl (C=O) groups excluding carboxylic acids is 1. The molecule has 2 aromatic rings. The minimum atomic E-state index is -4.48. The van der Waals surface area contributed by atoms with E-state index in [1.54, 1.807) is 34.1 Å². The molecule has 1 aromatic carbocycles. The fourth-order valence-corrected chi connectivity index (χ4v) is 3.37. The summed E-state index contributed by atoms with van der Waals surface area (Å²) in [7, 11) is 0. The molecule has 1 aromatic heterocycles. The van der Waals surface area contributed by atoms with Crippen molar-refractivity contribution in [3.05, 3.63) is 34.8 Å². The van der Waals surface area contributed by atoms with E-state index in [1.165, 1.54) is 0 Å². The average molecular weight is 386 g/mol. The molecule has 0 aliphatic carbocycles. The Morgan fingerprint density at radius 2 is 1.81 bits per heavy atom. The summed E-state index contributed by atoms with van der Waals surface area (Å²) in [5.74, 6) is 0.589. The van der Waals surface area contributed by atoms with Gasteiger partial charge in [-0.3, -0.25) is 4.79 Å². The smallest absolute Gasteiger partial charge is 0.445 e. The SMILES string of the molecule is CCOc1ccc(C(=O)N2CCN(c3nnc(C(F)(F)F)s3)CC2)cc1. The van der Waals surface area contributed by atoms with E-state index in [0.717, 1.165) is 0 Å². The maximum atomic E-state index is 12.6. The molecule has 1 amide bonds. The van der Waals surface area contributed by atoms with Crippen LogP contribution in [0.1, 0.15) is 22.3 Å². The third kappa shape index (κ3) is 4.06. The molecule has 0 N–H and O–H groups in total. The van der Waals surface area contributed by atoms with Crippen LogP contribution >= 0.6 is 11.3 Å². The molecule has 0 spiro atoms. The van der Waals surface area contributed by atoms with Gasteiger partial charge in [0.1, 0.15) is 5.75 Å². The van der Waals surface area contributed by atoms with Gasteiger partial charge in [0.2, 0.25) is 10.1 Å². The van der Waals surface area contributed by atoms with Crippen LogP contribution in [-0.2, 0) is 6.18 Å². The molecule has 10 heteroatoms. The van der Waals surface area contributed by atoms with Crippen LogP contribution in [0.5, 0.6) is 5.75 Å². The Kier molecular flexibility index (Phi) is 5.30. The minimum Gasteiger partial charge on any atom is -0.494 e. The second-order valence-corrected chi connectivity index (χ2v) is 6.58. The van der Waals surface area contributed by atoms with Gasteiger partial charge in [0.15, 0.2) is 0 Å². The van der Waals surface area contributed by atoms with Gasteiger partial charge in [-0.05, 0) is 31.2 Å². The van der Waals surface area contributed by atoms with Crippen molar-refractivity contribution in [2.24, 2.45) is 0 Å². The van der Waals surface area contributed by atoms with Gasteiger partial charge in [0.05, 0.1) is 6.61 Å². The van der Waals surface area contributed by atoms with E-state index in [4.69, 9.17) is 4.74 Å². The topological polar surface area (TPSA) is 58.6 Å². The third-order valence-corrected chi connectivity index (χ3v) is 4.94. The number of nitrogens with zero attached hydrogens (tertiary/aromatic N) is 4. The number of carbonyl (C=O) groups is 1. The molecule has 0 bridgehead atoms. The monoisotopic (exact) mass is 386 g/mol. The number of alkyl halides is 3. The Balaban J connectivity index is 1.59. The second kappa shape index (κ2) is 7.48. The first kappa shape index (κ1) is 18.4. The summed E-state index contributed by atoms with van der Waals surface area (Å²) in [6, 6.07) is 6.90.